The van der Waals surface area contributed by atoms with Gasteiger partial charge < -0.3 is 10.2 Å². The zero-order valence-electron chi connectivity index (χ0n) is 6.78. The van der Waals surface area contributed by atoms with Gasteiger partial charge in [0.2, 0.25) is 0 Å². The molecule has 0 spiro atoms. The largest absolute Gasteiger partial charge is 0.415 e. The van der Waals surface area contributed by atoms with Crippen molar-refractivity contribution >= 4 is 0 Å². The molecule has 2 N–H and O–H groups in total. The summed E-state index contributed by atoms with van der Waals surface area (Å²) in [5.74, 6) is 0. The quantitative estimate of drug-likeness (QED) is 0.610. The number of allylic oxidation sites excluding steroid dienone is 2. The standard InChI is InChI=1S/C8H6F3NO2/c9-8(10,11)5-2-1-4(3-12)6(13)7(5)14/h1-2,6-7,13-14H/t6-,7+/m0/s1. The number of nitriles is 1. The van der Waals surface area contributed by atoms with Gasteiger partial charge >= 0.3 is 6.18 Å². The van der Waals surface area contributed by atoms with Crippen LogP contribution in [0.2, 0.25) is 0 Å². The fraction of sp³-hybridized carbons (Fsp3) is 0.375. The van der Waals surface area contributed by atoms with Gasteiger partial charge in [0, 0.05) is 0 Å². The van der Waals surface area contributed by atoms with Gasteiger partial charge in [-0.25, -0.2) is 0 Å². The SMILES string of the molecule is N#CC1=CC=C(C(F)(F)F)[C@@H](O)[C@H]1O. The van der Waals surface area contributed by atoms with Crippen LogP contribution >= 0.6 is 0 Å². The van der Waals surface area contributed by atoms with Gasteiger partial charge in [0.15, 0.2) is 0 Å². The third-order valence-electron chi connectivity index (χ3n) is 1.84. The smallest absolute Gasteiger partial charge is 0.385 e. The minimum atomic E-state index is -4.70. The highest BCUT2D eigenvalue weighted by atomic mass is 19.4. The number of hydrogen-bond acceptors (Lipinski definition) is 3. The maximum Gasteiger partial charge on any atom is 0.415 e. The Kier molecular flexibility index (Phi) is 2.64. The fourth-order valence-electron chi connectivity index (χ4n) is 1.08. The van der Waals surface area contributed by atoms with E-state index >= 15 is 0 Å². The molecule has 0 saturated heterocycles. The molecule has 3 nitrogen and oxygen atoms in total. The summed E-state index contributed by atoms with van der Waals surface area (Å²) in [6.07, 6.45) is -7.15. The summed E-state index contributed by atoms with van der Waals surface area (Å²) in [4.78, 5) is 0. The van der Waals surface area contributed by atoms with Gasteiger partial charge in [-0.3, -0.25) is 0 Å². The summed E-state index contributed by atoms with van der Waals surface area (Å²) < 4.78 is 36.4. The van der Waals surface area contributed by atoms with Gasteiger partial charge in [0.25, 0.3) is 0 Å². The summed E-state index contributed by atoms with van der Waals surface area (Å²) in [6, 6.07) is 1.50. The van der Waals surface area contributed by atoms with Crippen molar-refractivity contribution in [3.05, 3.63) is 23.3 Å². The van der Waals surface area contributed by atoms with Crippen LogP contribution in [0.25, 0.3) is 0 Å². The average Bonchev–Trinajstić information content (AvgIpc) is 2.07. The Hall–Kier alpha value is -1.32. The first-order chi connectivity index (χ1) is 6.38. The zero-order valence-corrected chi connectivity index (χ0v) is 6.78. The van der Waals surface area contributed by atoms with Crippen molar-refractivity contribution in [1.29, 1.82) is 5.26 Å². The minimum absolute atomic E-state index is 0.287. The van der Waals surface area contributed by atoms with Gasteiger partial charge in [-0.1, -0.05) is 6.08 Å². The van der Waals surface area contributed by atoms with Crippen LogP contribution in [-0.2, 0) is 0 Å². The molecule has 0 unspecified atom stereocenters. The lowest BCUT2D eigenvalue weighted by Gasteiger charge is -2.24. The van der Waals surface area contributed by atoms with E-state index in [1.165, 1.54) is 6.07 Å². The van der Waals surface area contributed by atoms with Crippen molar-refractivity contribution in [3.63, 3.8) is 0 Å². The van der Waals surface area contributed by atoms with Gasteiger partial charge in [0.1, 0.15) is 12.2 Å². The molecule has 76 valence electrons. The lowest BCUT2D eigenvalue weighted by atomic mass is 9.93. The van der Waals surface area contributed by atoms with Crippen molar-refractivity contribution in [2.45, 2.75) is 18.4 Å². The third-order valence-corrected chi connectivity index (χ3v) is 1.84. The van der Waals surface area contributed by atoms with Crippen LogP contribution in [0.5, 0.6) is 0 Å². The molecule has 0 amide bonds. The second-order valence-corrected chi connectivity index (χ2v) is 2.74. The first-order valence-electron chi connectivity index (χ1n) is 3.63. The molecule has 0 aromatic heterocycles. The van der Waals surface area contributed by atoms with E-state index in [2.05, 4.69) is 0 Å². The topological polar surface area (TPSA) is 64.2 Å². The second-order valence-electron chi connectivity index (χ2n) is 2.74. The van der Waals surface area contributed by atoms with E-state index in [1.807, 2.05) is 0 Å². The van der Waals surface area contributed by atoms with Crippen LogP contribution in [0.3, 0.4) is 0 Å². The molecule has 0 aliphatic heterocycles. The normalized spacial score (nSPS) is 27.7. The molecule has 1 aliphatic rings. The highest BCUT2D eigenvalue weighted by Gasteiger charge is 2.42. The molecule has 0 saturated carbocycles. The molecule has 0 radical (unpaired) electrons. The number of hydrogen-bond donors (Lipinski definition) is 2. The van der Waals surface area contributed by atoms with E-state index in [4.69, 9.17) is 15.5 Å². The van der Waals surface area contributed by atoms with Crippen LogP contribution < -0.4 is 0 Å². The summed E-state index contributed by atoms with van der Waals surface area (Å²) in [7, 11) is 0. The molecule has 0 heterocycles. The monoisotopic (exact) mass is 205 g/mol. The Balaban J connectivity index is 3.08. The summed E-state index contributed by atoms with van der Waals surface area (Å²) >= 11 is 0. The molecule has 0 fully saturated rings. The summed E-state index contributed by atoms with van der Waals surface area (Å²) in [5.41, 5.74) is -1.53. The highest BCUT2D eigenvalue weighted by Crippen LogP contribution is 2.33. The third kappa shape index (κ3) is 1.78. The van der Waals surface area contributed by atoms with Crippen molar-refractivity contribution in [3.8, 4) is 6.07 Å². The number of aliphatic hydroxyl groups excluding tert-OH is 2. The lowest BCUT2D eigenvalue weighted by molar-refractivity contribution is -0.113. The molecule has 6 heteroatoms. The van der Waals surface area contributed by atoms with E-state index in [1.54, 1.807) is 0 Å². The molecule has 2 atom stereocenters. The summed E-state index contributed by atoms with van der Waals surface area (Å²) in [5, 5.41) is 26.5. The van der Waals surface area contributed by atoms with Crippen molar-refractivity contribution < 1.29 is 23.4 Å². The Morgan fingerprint density at radius 2 is 1.79 bits per heavy atom. The van der Waals surface area contributed by atoms with E-state index < -0.39 is 24.0 Å². The predicted octanol–water partition coefficient (Wildman–Crippen LogP) is 0.660. The van der Waals surface area contributed by atoms with E-state index in [-0.39, 0.29) is 5.57 Å². The number of alkyl halides is 3. The van der Waals surface area contributed by atoms with Crippen LogP contribution in [0.1, 0.15) is 0 Å². The molecule has 1 aliphatic carbocycles. The molecule has 0 aromatic carbocycles. The maximum absolute atomic E-state index is 12.1. The number of nitrogens with zero attached hydrogens (tertiary/aromatic N) is 1. The van der Waals surface area contributed by atoms with Crippen LogP contribution in [0.4, 0.5) is 13.2 Å². The van der Waals surface area contributed by atoms with Gasteiger partial charge in [-0.05, 0) is 6.08 Å². The summed E-state index contributed by atoms with van der Waals surface area (Å²) in [6.45, 7) is 0. The minimum Gasteiger partial charge on any atom is -0.385 e. The first kappa shape index (κ1) is 10.8. The zero-order chi connectivity index (χ0) is 10.9. The van der Waals surface area contributed by atoms with Gasteiger partial charge in [0.05, 0.1) is 17.2 Å². The Morgan fingerprint density at radius 3 is 2.21 bits per heavy atom. The Morgan fingerprint density at radius 1 is 1.21 bits per heavy atom. The average molecular weight is 205 g/mol. The van der Waals surface area contributed by atoms with Gasteiger partial charge in [-0.2, -0.15) is 18.4 Å². The molecule has 14 heavy (non-hydrogen) atoms. The molecular weight excluding hydrogens is 199 g/mol. The van der Waals surface area contributed by atoms with Gasteiger partial charge in [-0.15, -0.1) is 0 Å². The second kappa shape index (κ2) is 3.44. The first-order valence-corrected chi connectivity index (χ1v) is 3.63. The predicted molar refractivity (Wildman–Crippen MR) is 39.8 cm³/mol. The lowest BCUT2D eigenvalue weighted by Crippen LogP contribution is -2.37. The van der Waals surface area contributed by atoms with Crippen molar-refractivity contribution in [2.75, 3.05) is 0 Å². The Labute approximate surface area is 77.4 Å². The van der Waals surface area contributed by atoms with E-state index in [0.717, 1.165) is 6.08 Å². The van der Waals surface area contributed by atoms with Crippen molar-refractivity contribution in [2.24, 2.45) is 0 Å². The molecular formula is C8H6F3NO2. The molecule has 0 bridgehead atoms. The Bertz CT molecular complexity index is 337. The van der Waals surface area contributed by atoms with E-state index in [0.29, 0.717) is 6.08 Å². The molecule has 1 rings (SSSR count). The van der Waals surface area contributed by atoms with Crippen LogP contribution in [-0.4, -0.2) is 28.6 Å². The van der Waals surface area contributed by atoms with Crippen LogP contribution in [0, 0.1) is 11.3 Å². The van der Waals surface area contributed by atoms with Crippen LogP contribution in [0.15, 0.2) is 23.3 Å². The number of rotatable bonds is 0. The maximum atomic E-state index is 12.1. The highest BCUT2D eigenvalue weighted by molar-refractivity contribution is 5.40. The van der Waals surface area contributed by atoms with E-state index in [9.17, 15) is 13.2 Å². The number of aliphatic hydroxyl groups is 2. The van der Waals surface area contributed by atoms with Crippen molar-refractivity contribution in [1.82, 2.24) is 0 Å². The number of halogens is 3. The fourth-order valence-corrected chi connectivity index (χ4v) is 1.08. The molecule has 0 aromatic rings.